The fourth-order valence-electron chi connectivity index (χ4n) is 1.60. The van der Waals surface area contributed by atoms with Gasteiger partial charge in [0.05, 0.1) is 23.4 Å². The first kappa shape index (κ1) is 16.0. The zero-order valence-electron chi connectivity index (χ0n) is 12.2. The van der Waals surface area contributed by atoms with Gasteiger partial charge in [0, 0.05) is 5.92 Å². The first-order valence-electron chi connectivity index (χ1n) is 6.45. The summed E-state index contributed by atoms with van der Waals surface area (Å²) in [6.45, 7) is 3.73. The summed E-state index contributed by atoms with van der Waals surface area (Å²) in [4.78, 5) is 23.6. The van der Waals surface area contributed by atoms with E-state index in [0.29, 0.717) is 5.89 Å². The number of benzene rings is 1. The highest BCUT2D eigenvalue weighted by atomic mass is 35.5. The Morgan fingerprint density at radius 3 is 2.64 bits per heavy atom. The molecule has 1 aromatic heterocycles. The van der Waals surface area contributed by atoms with E-state index in [4.69, 9.17) is 16.0 Å². The molecule has 0 fully saturated rings. The minimum Gasteiger partial charge on any atom is -0.465 e. The summed E-state index contributed by atoms with van der Waals surface area (Å²) in [7, 11) is 1.26. The lowest BCUT2D eigenvalue weighted by atomic mass is 10.2. The average molecular weight is 324 g/mol. The smallest absolute Gasteiger partial charge is 0.337 e. The number of methoxy groups -OCH3 is 1. The highest BCUT2D eigenvalue weighted by molar-refractivity contribution is 6.34. The van der Waals surface area contributed by atoms with E-state index in [0.717, 1.165) is 0 Å². The van der Waals surface area contributed by atoms with Crippen LogP contribution in [0.1, 0.15) is 46.7 Å². The molecule has 0 unspecified atom stereocenters. The Balaban J connectivity index is 2.21. The number of nitrogens with one attached hydrogen (secondary N) is 1. The van der Waals surface area contributed by atoms with E-state index in [2.05, 4.69) is 20.3 Å². The van der Waals surface area contributed by atoms with Gasteiger partial charge in [0.2, 0.25) is 5.89 Å². The Bertz CT molecular complexity index is 712. The summed E-state index contributed by atoms with van der Waals surface area (Å²) in [5.74, 6) is -0.946. The van der Waals surface area contributed by atoms with Crippen LogP contribution in [0.2, 0.25) is 5.02 Å². The van der Waals surface area contributed by atoms with E-state index < -0.39 is 11.9 Å². The van der Waals surface area contributed by atoms with Crippen LogP contribution in [0, 0.1) is 0 Å². The van der Waals surface area contributed by atoms with E-state index in [1.54, 1.807) is 0 Å². The number of aromatic nitrogens is 2. The van der Waals surface area contributed by atoms with Crippen molar-refractivity contribution in [3.05, 3.63) is 40.6 Å². The Morgan fingerprint density at radius 2 is 2.05 bits per heavy atom. The minimum absolute atomic E-state index is 0.0142. The maximum absolute atomic E-state index is 12.1. The second-order valence-electron chi connectivity index (χ2n) is 4.74. The summed E-state index contributed by atoms with van der Waals surface area (Å²) in [5.41, 5.74) is 0.509. The van der Waals surface area contributed by atoms with Gasteiger partial charge in [-0.1, -0.05) is 25.4 Å². The fraction of sp³-hybridized carbons (Fsp3) is 0.286. The second-order valence-corrected chi connectivity index (χ2v) is 5.15. The van der Waals surface area contributed by atoms with Gasteiger partial charge in [-0.25, -0.2) is 4.79 Å². The summed E-state index contributed by atoms with van der Waals surface area (Å²) in [5, 5.41) is 10.2. The number of hydrogen-bond acceptors (Lipinski definition) is 6. The first-order valence-corrected chi connectivity index (χ1v) is 6.82. The lowest BCUT2D eigenvalue weighted by Gasteiger charge is -2.07. The highest BCUT2D eigenvalue weighted by Crippen LogP contribution is 2.24. The van der Waals surface area contributed by atoms with Crippen molar-refractivity contribution < 1.29 is 18.7 Å². The van der Waals surface area contributed by atoms with Crippen molar-refractivity contribution in [3.63, 3.8) is 0 Å². The van der Waals surface area contributed by atoms with Gasteiger partial charge in [-0.3, -0.25) is 4.79 Å². The Morgan fingerprint density at radius 1 is 1.32 bits per heavy atom. The Hall–Kier alpha value is -2.41. The maximum Gasteiger partial charge on any atom is 0.337 e. The standard InChI is InChI=1S/C14H14ClN3O4/c1-7(2)12-17-18-13(22-12)11(19)16-10-6-8(14(20)21-3)4-5-9(10)15/h4-7H,1-3H3,(H,16,19). The normalized spacial score (nSPS) is 10.6. The van der Waals surface area contributed by atoms with Gasteiger partial charge in [-0.15, -0.1) is 10.2 Å². The molecule has 1 amide bonds. The quantitative estimate of drug-likeness (QED) is 0.869. The summed E-state index contributed by atoms with van der Waals surface area (Å²) in [6.07, 6.45) is 0. The molecule has 2 aromatic rings. The number of amides is 1. The predicted molar refractivity (Wildman–Crippen MR) is 79.1 cm³/mol. The molecule has 1 aromatic carbocycles. The van der Waals surface area contributed by atoms with Crippen molar-refractivity contribution in [2.45, 2.75) is 19.8 Å². The van der Waals surface area contributed by atoms with Crippen molar-refractivity contribution in [2.75, 3.05) is 12.4 Å². The number of ether oxygens (including phenoxy) is 1. The van der Waals surface area contributed by atoms with Crippen molar-refractivity contribution >= 4 is 29.2 Å². The molecular formula is C14H14ClN3O4. The van der Waals surface area contributed by atoms with Gasteiger partial charge in [0.1, 0.15) is 0 Å². The predicted octanol–water partition coefficient (Wildman–Crippen LogP) is 2.89. The molecule has 0 saturated heterocycles. The van der Waals surface area contributed by atoms with Crippen molar-refractivity contribution in [1.29, 1.82) is 0 Å². The number of anilines is 1. The van der Waals surface area contributed by atoms with Crippen LogP contribution >= 0.6 is 11.6 Å². The van der Waals surface area contributed by atoms with Crippen molar-refractivity contribution in [1.82, 2.24) is 10.2 Å². The number of nitrogens with zero attached hydrogens (tertiary/aromatic N) is 2. The monoisotopic (exact) mass is 323 g/mol. The van der Waals surface area contributed by atoms with E-state index in [9.17, 15) is 9.59 Å². The molecule has 7 nitrogen and oxygen atoms in total. The molecule has 0 radical (unpaired) electrons. The van der Waals surface area contributed by atoms with Crippen molar-refractivity contribution in [3.8, 4) is 0 Å². The number of carbonyl (C=O) groups excluding carboxylic acids is 2. The van der Waals surface area contributed by atoms with Gasteiger partial charge < -0.3 is 14.5 Å². The van der Waals surface area contributed by atoms with Crippen LogP contribution in [0.4, 0.5) is 5.69 Å². The maximum atomic E-state index is 12.1. The molecule has 1 N–H and O–H groups in total. The van der Waals surface area contributed by atoms with Gasteiger partial charge in [-0.05, 0) is 18.2 Å². The molecule has 116 valence electrons. The van der Waals surface area contributed by atoms with E-state index in [1.807, 2.05) is 13.8 Å². The molecular weight excluding hydrogens is 310 g/mol. The molecule has 22 heavy (non-hydrogen) atoms. The molecule has 0 aliphatic heterocycles. The molecule has 0 atom stereocenters. The van der Waals surface area contributed by atoms with Crippen LogP contribution in [0.15, 0.2) is 22.6 Å². The van der Waals surface area contributed by atoms with E-state index in [-0.39, 0.29) is 28.1 Å². The lowest BCUT2D eigenvalue weighted by molar-refractivity contribution is 0.0600. The van der Waals surface area contributed by atoms with Gasteiger partial charge >= 0.3 is 17.8 Å². The van der Waals surface area contributed by atoms with Crippen LogP contribution in [-0.4, -0.2) is 29.2 Å². The van der Waals surface area contributed by atoms with Gasteiger partial charge in [0.15, 0.2) is 0 Å². The zero-order valence-corrected chi connectivity index (χ0v) is 13.0. The average Bonchev–Trinajstić information content (AvgIpc) is 2.99. The molecule has 0 bridgehead atoms. The van der Waals surface area contributed by atoms with E-state index in [1.165, 1.54) is 25.3 Å². The molecule has 1 heterocycles. The molecule has 0 spiro atoms. The third-order valence-electron chi connectivity index (χ3n) is 2.76. The largest absolute Gasteiger partial charge is 0.465 e. The van der Waals surface area contributed by atoms with E-state index >= 15 is 0 Å². The SMILES string of the molecule is COC(=O)c1ccc(Cl)c(NC(=O)c2nnc(C(C)C)o2)c1. The molecule has 0 saturated carbocycles. The molecule has 0 aliphatic rings. The molecule has 8 heteroatoms. The third kappa shape index (κ3) is 3.43. The first-order chi connectivity index (χ1) is 10.4. The van der Waals surface area contributed by atoms with Crippen LogP contribution in [-0.2, 0) is 4.74 Å². The molecule has 2 rings (SSSR count). The summed E-state index contributed by atoms with van der Waals surface area (Å²) in [6, 6.07) is 4.38. The number of esters is 1. The van der Waals surface area contributed by atoms with Crippen LogP contribution < -0.4 is 5.32 Å². The van der Waals surface area contributed by atoms with Gasteiger partial charge in [-0.2, -0.15) is 0 Å². The van der Waals surface area contributed by atoms with Crippen LogP contribution in [0.3, 0.4) is 0 Å². The number of carbonyl (C=O) groups is 2. The van der Waals surface area contributed by atoms with Gasteiger partial charge in [0.25, 0.3) is 0 Å². The highest BCUT2D eigenvalue weighted by Gasteiger charge is 2.18. The summed E-state index contributed by atoms with van der Waals surface area (Å²) < 4.78 is 9.86. The zero-order chi connectivity index (χ0) is 16.3. The minimum atomic E-state index is -0.608. The fourth-order valence-corrected chi connectivity index (χ4v) is 1.77. The van der Waals surface area contributed by atoms with Crippen molar-refractivity contribution in [2.24, 2.45) is 0 Å². The number of halogens is 1. The van der Waals surface area contributed by atoms with Crippen LogP contribution in [0.25, 0.3) is 0 Å². The Kier molecular flexibility index (Phi) is 4.77. The molecule has 0 aliphatic carbocycles. The topological polar surface area (TPSA) is 94.3 Å². The lowest BCUT2D eigenvalue weighted by Crippen LogP contribution is -2.13. The third-order valence-corrected chi connectivity index (χ3v) is 3.09. The summed E-state index contributed by atoms with van der Waals surface area (Å²) >= 11 is 6.00. The van der Waals surface area contributed by atoms with Crippen LogP contribution in [0.5, 0.6) is 0 Å². The number of rotatable bonds is 4. The Labute approximate surface area is 131 Å². The second kappa shape index (κ2) is 6.57. The number of hydrogen-bond donors (Lipinski definition) is 1.